The largest absolute Gasteiger partial charge is 0.472 e. The first kappa shape index (κ1) is 13.1. The molecule has 2 aliphatic heterocycles. The Labute approximate surface area is 125 Å². The summed E-state index contributed by atoms with van der Waals surface area (Å²) < 4.78 is 7.07. The summed E-state index contributed by atoms with van der Waals surface area (Å²) in [6.07, 6.45) is 9.10. The fourth-order valence-corrected chi connectivity index (χ4v) is 3.90. The number of piperidine rings is 1. The van der Waals surface area contributed by atoms with Crippen LogP contribution in [0.3, 0.4) is 0 Å². The van der Waals surface area contributed by atoms with Crippen molar-refractivity contribution in [2.45, 2.75) is 25.6 Å². The van der Waals surface area contributed by atoms with Crippen molar-refractivity contribution in [3.05, 3.63) is 42.1 Å². The molecule has 0 N–H and O–H groups in total. The van der Waals surface area contributed by atoms with Gasteiger partial charge >= 0.3 is 0 Å². The standard InChI is InChI=1S/C16H22N4O/c1-18-6-15(5-17-18)10-20-9-14-4-16(20)11-19(8-14)7-13-2-3-21-12-13/h2-3,5-6,12,14,16H,4,7-11H2,1H3. The maximum absolute atomic E-state index is 5.18. The van der Waals surface area contributed by atoms with Crippen LogP contribution in [0.4, 0.5) is 0 Å². The first-order valence-electron chi connectivity index (χ1n) is 7.71. The molecule has 0 aliphatic carbocycles. The quantitative estimate of drug-likeness (QED) is 0.857. The summed E-state index contributed by atoms with van der Waals surface area (Å²) in [5.41, 5.74) is 2.61. The van der Waals surface area contributed by atoms with Crippen LogP contribution in [0.15, 0.2) is 35.4 Å². The normalized spacial score (nSPS) is 26.5. The lowest BCUT2D eigenvalue weighted by Gasteiger charge is -2.32. The maximum atomic E-state index is 5.18. The van der Waals surface area contributed by atoms with Crippen LogP contribution in [0.1, 0.15) is 17.5 Å². The Kier molecular flexibility index (Phi) is 3.31. The molecular weight excluding hydrogens is 264 g/mol. The molecule has 5 nitrogen and oxygen atoms in total. The Morgan fingerprint density at radius 2 is 2.19 bits per heavy atom. The number of fused-ring (bicyclic) bond motifs is 2. The van der Waals surface area contributed by atoms with E-state index in [1.54, 1.807) is 6.26 Å². The first-order chi connectivity index (χ1) is 10.3. The molecule has 0 radical (unpaired) electrons. The van der Waals surface area contributed by atoms with Gasteiger partial charge in [0.2, 0.25) is 0 Å². The second-order valence-electron chi connectivity index (χ2n) is 6.53. The highest BCUT2D eigenvalue weighted by molar-refractivity contribution is 5.08. The third-order valence-electron chi connectivity index (χ3n) is 4.73. The molecule has 5 heteroatoms. The maximum Gasteiger partial charge on any atom is 0.0947 e. The molecule has 2 saturated heterocycles. The predicted molar refractivity (Wildman–Crippen MR) is 79.5 cm³/mol. The van der Waals surface area contributed by atoms with Crippen LogP contribution >= 0.6 is 0 Å². The molecule has 2 atom stereocenters. The Hall–Kier alpha value is -1.59. The third-order valence-corrected chi connectivity index (χ3v) is 4.73. The van der Waals surface area contributed by atoms with Crippen LogP contribution in [-0.4, -0.2) is 45.3 Å². The SMILES string of the molecule is Cn1cc(CN2CC3CC2CN(Cc2ccoc2)C3)cn1. The molecule has 0 saturated carbocycles. The minimum absolute atomic E-state index is 0.691. The van der Waals surface area contributed by atoms with E-state index in [1.165, 1.54) is 37.2 Å². The van der Waals surface area contributed by atoms with Crippen LogP contribution in [0.25, 0.3) is 0 Å². The molecule has 0 spiro atoms. The minimum atomic E-state index is 0.691. The van der Waals surface area contributed by atoms with E-state index in [9.17, 15) is 0 Å². The molecule has 21 heavy (non-hydrogen) atoms. The lowest BCUT2D eigenvalue weighted by atomic mass is 9.99. The zero-order valence-electron chi connectivity index (χ0n) is 12.5. The van der Waals surface area contributed by atoms with Gasteiger partial charge in [-0.15, -0.1) is 0 Å². The average molecular weight is 286 g/mol. The summed E-state index contributed by atoms with van der Waals surface area (Å²) in [4.78, 5) is 5.21. The number of nitrogens with zero attached hydrogens (tertiary/aromatic N) is 4. The van der Waals surface area contributed by atoms with E-state index in [2.05, 4.69) is 27.2 Å². The monoisotopic (exact) mass is 286 g/mol. The highest BCUT2D eigenvalue weighted by Gasteiger charge is 2.38. The molecule has 2 bridgehead atoms. The zero-order valence-corrected chi connectivity index (χ0v) is 12.5. The summed E-state index contributed by atoms with van der Waals surface area (Å²) >= 11 is 0. The molecule has 4 rings (SSSR count). The number of rotatable bonds is 4. The molecule has 2 aromatic heterocycles. The van der Waals surface area contributed by atoms with Crippen LogP contribution in [-0.2, 0) is 20.1 Å². The van der Waals surface area contributed by atoms with Gasteiger partial charge in [0.25, 0.3) is 0 Å². The number of hydrogen-bond acceptors (Lipinski definition) is 4. The van der Waals surface area contributed by atoms with Gasteiger partial charge in [-0.2, -0.15) is 5.10 Å². The summed E-state index contributed by atoms with van der Waals surface area (Å²) in [5.74, 6) is 0.812. The van der Waals surface area contributed by atoms with E-state index in [0.29, 0.717) is 6.04 Å². The van der Waals surface area contributed by atoms with Crippen molar-refractivity contribution in [3.63, 3.8) is 0 Å². The number of aromatic nitrogens is 2. The molecule has 0 amide bonds. The summed E-state index contributed by atoms with van der Waals surface area (Å²) in [5, 5.41) is 4.28. The Bertz CT molecular complexity index is 591. The van der Waals surface area contributed by atoms with E-state index in [-0.39, 0.29) is 0 Å². The second kappa shape index (κ2) is 5.31. The van der Waals surface area contributed by atoms with Gasteiger partial charge in [0.1, 0.15) is 0 Å². The van der Waals surface area contributed by atoms with E-state index >= 15 is 0 Å². The Morgan fingerprint density at radius 3 is 2.95 bits per heavy atom. The summed E-state index contributed by atoms with van der Waals surface area (Å²) in [6, 6.07) is 2.76. The molecule has 2 aromatic rings. The van der Waals surface area contributed by atoms with Crippen LogP contribution < -0.4 is 0 Å². The summed E-state index contributed by atoms with van der Waals surface area (Å²) in [7, 11) is 1.98. The topological polar surface area (TPSA) is 37.4 Å². The molecular formula is C16H22N4O. The Balaban J connectivity index is 1.40. The van der Waals surface area contributed by atoms with Crippen LogP contribution in [0, 0.1) is 5.92 Å². The molecule has 112 valence electrons. The van der Waals surface area contributed by atoms with Crippen LogP contribution in [0.5, 0.6) is 0 Å². The van der Waals surface area contributed by atoms with Crippen LogP contribution in [0.2, 0.25) is 0 Å². The average Bonchev–Trinajstić information content (AvgIpc) is 3.14. The van der Waals surface area contributed by atoms with Crippen molar-refractivity contribution >= 4 is 0 Å². The molecule has 2 unspecified atom stereocenters. The lowest BCUT2D eigenvalue weighted by Crippen LogP contribution is -2.41. The van der Waals surface area contributed by atoms with Gasteiger partial charge < -0.3 is 4.42 Å². The highest BCUT2D eigenvalue weighted by Crippen LogP contribution is 2.31. The van der Waals surface area contributed by atoms with Crippen molar-refractivity contribution in [3.8, 4) is 0 Å². The second-order valence-corrected chi connectivity index (χ2v) is 6.53. The van der Waals surface area contributed by atoms with Crippen molar-refractivity contribution < 1.29 is 4.42 Å². The number of likely N-dealkylation sites (tertiary alicyclic amines) is 2. The van der Waals surface area contributed by atoms with E-state index in [0.717, 1.165) is 19.0 Å². The fourth-order valence-electron chi connectivity index (χ4n) is 3.90. The minimum Gasteiger partial charge on any atom is -0.472 e. The fraction of sp³-hybridized carbons (Fsp3) is 0.562. The van der Waals surface area contributed by atoms with Gasteiger partial charge in [-0.25, -0.2) is 0 Å². The number of aryl methyl sites for hydroxylation is 1. The van der Waals surface area contributed by atoms with Crippen molar-refractivity contribution in [2.75, 3.05) is 19.6 Å². The van der Waals surface area contributed by atoms with Gasteiger partial charge in [0.05, 0.1) is 18.7 Å². The van der Waals surface area contributed by atoms with E-state index in [4.69, 9.17) is 4.42 Å². The molecule has 4 heterocycles. The lowest BCUT2D eigenvalue weighted by molar-refractivity contribution is 0.153. The smallest absolute Gasteiger partial charge is 0.0947 e. The molecule has 2 aliphatic rings. The van der Waals surface area contributed by atoms with Gasteiger partial charge in [-0.05, 0) is 18.4 Å². The van der Waals surface area contributed by atoms with Crippen molar-refractivity contribution in [2.24, 2.45) is 13.0 Å². The molecule has 0 aromatic carbocycles. The van der Waals surface area contributed by atoms with Gasteiger partial charge in [0, 0.05) is 63.1 Å². The summed E-state index contributed by atoms with van der Waals surface area (Å²) in [6.45, 7) is 5.66. The van der Waals surface area contributed by atoms with Crippen molar-refractivity contribution in [1.82, 2.24) is 19.6 Å². The first-order valence-corrected chi connectivity index (χ1v) is 7.71. The van der Waals surface area contributed by atoms with Gasteiger partial charge in [-0.1, -0.05) is 0 Å². The van der Waals surface area contributed by atoms with Crippen molar-refractivity contribution in [1.29, 1.82) is 0 Å². The van der Waals surface area contributed by atoms with E-state index in [1.807, 2.05) is 24.2 Å². The van der Waals surface area contributed by atoms with Gasteiger partial charge in [-0.3, -0.25) is 14.5 Å². The number of furan rings is 1. The van der Waals surface area contributed by atoms with Gasteiger partial charge in [0.15, 0.2) is 0 Å². The third kappa shape index (κ3) is 2.76. The Morgan fingerprint density at radius 1 is 1.24 bits per heavy atom. The zero-order chi connectivity index (χ0) is 14.2. The highest BCUT2D eigenvalue weighted by atomic mass is 16.3. The molecule has 2 fully saturated rings. The predicted octanol–water partition coefficient (Wildman–Crippen LogP) is 1.72. The van der Waals surface area contributed by atoms with E-state index < -0.39 is 0 Å². The number of hydrogen-bond donors (Lipinski definition) is 0.